The fourth-order valence-electron chi connectivity index (χ4n) is 1.87. The average Bonchev–Trinajstić information content (AvgIpc) is 2.38. The monoisotopic (exact) mass is 256 g/mol. The first-order valence-corrected chi connectivity index (χ1v) is 7.01. The van der Waals surface area contributed by atoms with Gasteiger partial charge in [0.25, 0.3) is 0 Å². The first kappa shape index (κ1) is 17.1. The highest BCUT2D eigenvalue weighted by molar-refractivity contribution is 5.16. The van der Waals surface area contributed by atoms with Crippen LogP contribution in [0, 0.1) is 24.5 Å². The minimum atomic E-state index is -0.530. The molecule has 0 bridgehead atoms. The Morgan fingerprint density at radius 2 is 1.56 bits per heavy atom. The molecule has 0 amide bonds. The van der Waals surface area contributed by atoms with Crippen LogP contribution in [-0.2, 0) is 0 Å². The van der Waals surface area contributed by atoms with Crippen LogP contribution in [0.5, 0.6) is 0 Å². The summed E-state index contributed by atoms with van der Waals surface area (Å²) < 4.78 is 24.4. The molecule has 1 aromatic rings. The van der Waals surface area contributed by atoms with Crippen LogP contribution >= 0.6 is 0 Å². The van der Waals surface area contributed by atoms with Crippen molar-refractivity contribution >= 4 is 0 Å². The van der Waals surface area contributed by atoms with E-state index in [1.807, 2.05) is 13.8 Å². The molecular formula is C16H26F2. The second kappa shape index (κ2) is 10.0. The highest BCUT2D eigenvalue weighted by atomic mass is 19.1. The molecule has 2 heteroatoms. The minimum Gasteiger partial charge on any atom is -0.207 e. The van der Waals surface area contributed by atoms with Gasteiger partial charge < -0.3 is 0 Å². The summed E-state index contributed by atoms with van der Waals surface area (Å²) in [5.74, 6) is 0.0156. The SMILES string of the molecule is CC.CC1CCCCC1.Cc1ccc(F)cc1F. The molecule has 0 nitrogen and oxygen atoms in total. The summed E-state index contributed by atoms with van der Waals surface area (Å²) in [5.41, 5.74) is 0.469. The molecular weight excluding hydrogens is 230 g/mol. The molecule has 104 valence electrons. The smallest absolute Gasteiger partial charge is 0.129 e. The van der Waals surface area contributed by atoms with E-state index in [1.165, 1.54) is 44.2 Å². The van der Waals surface area contributed by atoms with Crippen LogP contribution in [-0.4, -0.2) is 0 Å². The molecule has 0 atom stereocenters. The van der Waals surface area contributed by atoms with Crippen molar-refractivity contribution in [3.05, 3.63) is 35.4 Å². The fourth-order valence-corrected chi connectivity index (χ4v) is 1.87. The summed E-state index contributed by atoms with van der Waals surface area (Å²) in [6.45, 7) is 7.95. The summed E-state index contributed by atoms with van der Waals surface area (Å²) in [6.07, 6.45) is 7.44. The van der Waals surface area contributed by atoms with Gasteiger partial charge in [0, 0.05) is 6.07 Å². The van der Waals surface area contributed by atoms with Gasteiger partial charge >= 0.3 is 0 Å². The van der Waals surface area contributed by atoms with E-state index in [0.717, 1.165) is 12.0 Å². The van der Waals surface area contributed by atoms with Gasteiger partial charge in [0.2, 0.25) is 0 Å². The van der Waals surface area contributed by atoms with Crippen molar-refractivity contribution in [1.82, 2.24) is 0 Å². The summed E-state index contributed by atoms with van der Waals surface area (Å²) in [6, 6.07) is 3.51. The van der Waals surface area contributed by atoms with E-state index in [2.05, 4.69) is 6.92 Å². The van der Waals surface area contributed by atoms with Crippen molar-refractivity contribution < 1.29 is 8.78 Å². The molecule has 0 heterocycles. The highest BCUT2D eigenvalue weighted by Crippen LogP contribution is 2.22. The molecule has 1 saturated carbocycles. The van der Waals surface area contributed by atoms with Gasteiger partial charge in [-0.2, -0.15) is 0 Å². The van der Waals surface area contributed by atoms with Crippen LogP contribution in [0.4, 0.5) is 8.78 Å². The number of hydrogen-bond acceptors (Lipinski definition) is 0. The predicted molar refractivity (Wildman–Crippen MR) is 74.7 cm³/mol. The Balaban J connectivity index is 0.000000289. The number of rotatable bonds is 0. The third-order valence-corrected chi connectivity index (χ3v) is 3.03. The zero-order chi connectivity index (χ0) is 14.0. The van der Waals surface area contributed by atoms with E-state index in [0.29, 0.717) is 5.56 Å². The third-order valence-electron chi connectivity index (χ3n) is 3.03. The van der Waals surface area contributed by atoms with Crippen LogP contribution < -0.4 is 0 Å². The Hall–Kier alpha value is -0.920. The molecule has 1 aliphatic carbocycles. The quantitative estimate of drug-likeness (QED) is 0.543. The van der Waals surface area contributed by atoms with Gasteiger partial charge in [-0.25, -0.2) is 8.78 Å². The first-order chi connectivity index (χ1) is 8.59. The van der Waals surface area contributed by atoms with Gasteiger partial charge in [-0.15, -0.1) is 0 Å². The highest BCUT2D eigenvalue weighted by Gasteiger charge is 2.05. The van der Waals surface area contributed by atoms with Gasteiger partial charge in [0.05, 0.1) is 0 Å². The molecule has 0 N–H and O–H groups in total. The van der Waals surface area contributed by atoms with Crippen molar-refractivity contribution in [3.8, 4) is 0 Å². The van der Waals surface area contributed by atoms with Crippen molar-refractivity contribution in [1.29, 1.82) is 0 Å². The van der Waals surface area contributed by atoms with E-state index >= 15 is 0 Å². The second-order valence-corrected chi connectivity index (χ2v) is 4.64. The van der Waals surface area contributed by atoms with Crippen LogP contribution in [0.15, 0.2) is 18.2 Å². The molecule has 1 aliphatic rings. The van der Waals surface area contributed by atoms with Crippen molar-refractivity contribution in [3.63, 3.8) is 0 Å². The Kier molecular flexibility index (Phi) is 9.53. The van der Waals surface area contributed by atoms with E-state index in [4.69, 9.17) is 0 Å². The fraction of sp³-hybridized carbons (Fsp3) is 0.625. The van der Waals surface area contributed by atoms with Crippen molar-refractivity contribution in [2.45, 2.75) is 59.8 Å². The Bertz CT molecular complexity index is 315. The van der Waals surface area contributed by atoms with E-state index in [1.54, 1.807) is 6.92 Å². The van der Waals surface area contributed by atoms with Gasteiger partial charge in [-0.05, 0) is 24.5 Å². The van der Waals surface area contributed by atoms with Gasteiger partial charge in [-0.1, -0.05) is 58.9 Å². The maximum Gasteiger partial charge on any atom is 0.129 e. The lowest BCUT2D eigenvalue weighted by molar-refractivity contribution is 0.385. The first-order valence-electron chi connectivity index (χ1n) is 7.01. The number of aryl methyl sites for hydroxylation is 1. The predicted octanol–water partition coefficient (Wildman–Crippen LogP) is 5.89. The molecule has 2 rings (SSSR count). The number of benzene rings is 1. The maximum absolute atomic E-state index is 12.3. The summed E-state index contributed by atoms with van der Waals surface area (Å²) in [7, 11) is 0. The molecule has 0 aromatic heterocycles. The third kappa shape index (κ3) is 7.41. The van der Waals surface area contributed by atoms with E-state index < -0.39 is 11.6 Å². The maximum atomic E-state index is 12.3. The standard InChI is InChI=1S/C7H6F2.C7H14.C2H6/c1-5-2-3-6(8)4-7(5)9;1-7-5-3-2-4-6-7;1-2/h2-4H,1H3;7H,2-6H2,1H3;1-2H3. The molecule has 0 unspecified atom stereocenters. The zero-order valence-electron chi connectivity index (χ0n) is 12.1. The Labute approximate surface area is 110 Å². The molecule has 1 aromatic carbocycles. The van der Waals surface area contributed by atoms with Crippen molar-refractivity contribution in [2.75, 3.05) is 0 Å². The Morgan fingerprint density at radius 3 is 1.89 bits per heavy atom. The van der Waals surface area contributed by atoms with Crippen molar-refractivity contribution in [2.24, 2.45) is 5.92 Å². The van der Waals surface area contributed by atoms with Gasteiger partial charge in [0.15, 0.2) is 0 Å². The van der Waals surface area contributed by atoms with Gasteiger partial charge in [-0.3, -0.25) is 0 Å². The van der Waals surface area contributed by atoms with Crippen LogP contribution in [0.3, 0.4) is 0 Å². The van der Waals surface area contributed by atoms with Crippen LogP contribution in [0.2, 0.25) is 0 Å². The molecule has 18 heavy (non-hydrogen) atoms. The largest absolute Gasteiger partial charge is 0.207 e. The molecule has 0 aliphatic heterocycles. The van der Waals surface area contributed by atoms with Crippen LogP contribution in [0.1, 0.15) is 58.4 Å². The van der Waals surface area contributed by atoms with E-state index in [9.17, 15) is 8.78 Å². The minimum absolute atomic E-state index is 0.469. The molecule has 0 saturated heterocycles. The Morgan fingerprint density at radius 1 is 1.00 bits per heavy atom. The summed E-state index contributed by atoms with van der Waals surface area (Å²) >= 11 is 0. The summed E-state index contributed by atoms with van der Waals surface area (Å²) in [4.78, 5) is 0. The second-order valence-electron chi connectivity index (χ2n) is 4.64. The number of hydrogen-bond donors (Lipinski definition) is 0. The normalized spacial score (nSPS) is 15.0. The van der Waals surface area contributed by atoms with E-state index in [-0.39, 0.29) is 0 Å². The summed E-state index contributed by atoms with van der Waals surface area (Å²) in [5, 5.41) is 0. The topological polar surface area (TPSA) is 0 Å². The molecule has 1 fully saturated rings. The lowest BCUT2D eigenvalue weighted by Crippen LogP contribution is -1.99. The molecule has 0 radical (unpaired) electrons. The average molecular weight is 256 g/mol. The van der Waals surface area contributed by atoms with Crippen LogP contribution in [0.25, 0.3) is 0 Å². The zero-order valence-corrected chi connectivity index (χ0v) is 12.1. The van der Waals surface area contributed by atoms with Gasteiger partial charge in [0.1, 0.15) is 11.6 Å². The molecule has 0 spiro atoms. The lowest BCUT2D eigenvalue weighted by atomic mass is 9.91. The number of halogens is 2. The lowest BCUT2D eigenvalue weighted by Gasteiger charge is -2.15.